The Bertz CT molecular complexity index is 746. The molecule has 0 saturated carbocycles. The SMILES string of the molecule is O=C1CC(C(=O)NC(CCCO)c2ccccc2)c2ccccc2N1. The van der Waals surface area contributed by atoms with Gasteiger partial charge in [-0.05, 0) is 30.0 Å². The summed E-state index contributed by atoms with van der Waals surface area (Å²) in [5.41, 5.74) is 2.54. The molecule has 0 fully saturated rings. The summed E-state index contributed by atoms with van der Waals surface area (Å²) in [5.74, 6) is -0.801. The lowest BCUT2D eigenvalue weighted by molar-refractivity contribution is -0.127. The van der Waals surface area contributed by atoms with E-state index in [1.165, 1.54) is 0 Å². The molecular weight excluding hydrogens is 316 g/mol. The summed E-state index contributed by atoms with van der Waals surface area (Å²) in [6.07, 6.45) is 1.39. The molecule has 2 aromatic carbocycles. The molecule has 0 aliphatic carbocycles. The van der Waals surface area contributed by atoms with Crippen LogP contribution in [0.25, 0.3) is 0 Å². The van der Waals surface area contributed by atoms with Gasteiger partial charge in [0, 0.05) is 18.7 Å². The summed E-state index contributed by atoms with van der Waals surface area (Å²) in [6, 6.07) is 16.9. The van der Waals surface area contributed by atoms with Crippen molar-refractivity contribution in [2.24, 2.45) is 0 Å². The Labute approximate surface area is 147 Å². The molecule has 2 unspecified atom stereocenters. The van der Waals surface area contributed by atoms with Crippen LogP contribution in [0.5, 0.6) is 0 Å². The Morgan fingerprint density at radius 3 is 2.64 bits per heavy atom. The molecule has 0 spiro atoms. The van der Waals surface area contributed by atoms with Gasteiger partial charge in [0.15, 0.2) is 0 Å². The maximum atomic E-state index is 12.9. The van der Waals surface area contributed by atoms with E-state index < -0.39 is 5.92 Å². The number of aliphatic hydroxyl groups is 1. The molecule has 0 aromatic heterocycles. The smallest absolute Gasteiger partial charge is 0.228 e. The molecular formula is C20H22N2O3. The fourth-order valence-electron chi connectivity index (χ4n) is 3.22. The first-order valence-corrected chi connectivity index (χ1v) is 8.54. The number of rotatable bonds is 6. The first-order valence-electron chi connectivity index (χ1n) is 8.54. The van der Waals surface area contributed by atoms with Crippen molar-refractivity contribution in [3.05, 3.63) is 65.7 Å². The molecule has 0 radical (unpaired) electrons. The number of fused-ring (bicyclic) bond motifs is 1. The summed E-state index contributed by atoms with van der Waals surface area (Å²) in [6.45, 7) is 0.0773. The number of hydrogen-bond acceptors (Lipinski definition) is 3. The fourth-order valence-corrected chi connectivity index (χ4v) is 3.22. The number of aliphatic hydroxyl groups excluding tert-OH is 1. The van der Waals surface area contributed by atoms with Crippen LogP contribution >= 0.6 is 0 Å². The normalized spacial score (nSPS) is 17.3. The Morgan fingerprint density at radius 1 is 1.16 bits per heavy atom. The topological polar surface area (TPSA) is 78.4 Å². The van der Waals surface area contributed by atoms with Crippen molar-refractivity contribution in [3.8, 4) is 0 Å². The van der Waals surface area contributed by atoms with Crippen LogP contribution in [0, 0.1) is 0 Å². The second-order valence-corrected chi connectivity index (χ2v) is 6.23. The molecule has 5 heteroatoms. The minimum absolute atomic E-state index is 0.0773. The van der Waals surface area contributed by atoms with Crippen LogP contribution in [-0.2, 0) is 9.59 Å². The molecule has 2 atom stereocenters. The number of para-hydroxylation sites is 1. The van der Waals surface area contributed by atoms with E-state index in [-0.39, 0.29) is 30.9 Å². The van der Waals surface area contributed by atoms with E-state index in [2.05, 4.69) is 10.6 Å². The molecule has 0 saturated heterocycles. The predicted octanol–water partition coefficient (Wildman–Crippen LogP) is 2.74. The summed E-state index contributed by atoms with van der Waals surface area (Å²) in [4.78, 5) is 24.8. The van der Waals surface area contributed by atoms with Crippen LogP contribution in [-0.4, -0.2) is 23.5 Å². The monoisotopic (exact) mass is 338 g/mol. The largest absolute Gasteiger partial charge is 0.396 e. The van der Waals surface area contributed by atoms with Gasteiger partial charge in [-0.3, -0.25) is 9.59 Å². The number of hydrogen-bond donors (Lipinski definition) is 3. The fraction of sp³-hybridized carbons (Fsp3) is 0.300. The van der Waals surface area contributed by atoms with Gasteiger partial charge >= 0.3 is 0 Å². The van der Waals surface area contributed by atoms with E-state index in [9.17, 15) is 9.59 Å². The molecule has 2 aromatic rings. The lowest BCUT2D eigenvalue weighted by Crippen LogP contribution is -2.37. The van der Waals surface area contributed by atoms with E-state index in [1.807, 2.05) is 54.6 Å². The Hall–Kier alpha value is -2.66. The van der Waals surface area contributed by atoms with Crippen LogP contribution in [0.2, 0.25) is 0 Å². The molecule has 1 aliphatic rings. The second kappa shape index (κ2) is 7.94. The third kappa shape index (κ3) is 4.06. The van der Waals surface area contributed by atoms with E-state index in [0.29, 0.717) is 18.5 Å². The zero-order valence-electron chi connectivity index (χ0n) is 13.9. The first-order chi connectivity index (χ1) is 12.2. The van der Waals surface area contributed by atoms with Crippen molar-refractivity contribution < 1.29 is 14.7 Å². The summed E-state index contributed by atoms with van der Waals surface area (Å²) in [5, 5.41) is 15.0. The number of benzene rings is 2. The predicted molar refractivity (Wildman–Crippen MR) is 96.1 cm³/mol. The third-order valence-corrected chi connectivity index (χ3v) is 4.49. The van der Waals surface area contributed by atoms with Crippen molar-refractivity contribution in [1.82, 2.24) is 5.32 Å². The minimum Gasteiger partial charge on any atom is -0.396 e. The van der Waals surface area contributed by atoms with Gasteiger partial charge in [0.25, 0.3) is 0 Å². The molecule has 1 heterocycles. The van der Waals surface area contributed by atoms with Gasteiger partial charge in [-0.2, -0.15) is 0 Å². The molecule has 25 heavy (non-hydrogen) atoms. The van der Waals surface area contributed by atoms with Crippen molar-refractivity contribution >= 4 is 17.5 Å². The van der Waals surface area contributed by atoms with Crippen molar-refractivity contribution in [2.45, 2.75) is 31.2 Å². The first kappa shape index (κ1) is 17.2. The van der Waals surface area contributed by atoms with Crippen LogP contribution in [0.3, 0.4) is 0 Å². The van der Waals surface area contributed by atoms with Crippen molar-refractivity contribution in [2.75, 3.05) is 11.9 Å². The van der Waals surface area contributed by atoms with Gasteiger partial charge in [0.2, 0.25) is 11.8 Å². The van der Waals surface area contributed by atoms with Gasteiger partial charge in [-0.1, -0.05) is 48.5 Å². The Morgan fingerprint density at radius 2 is 1.88 bits per heavy atom. The van der Waals surface area contributed by atoms with E-state index in [0.717, 1.165) is 11.1 Å². The second-order valence-electron chi connectivity index (χ2n) is 6.23. The number of carbonyl (C=O) groups excluding carboxylic acids is 2. The van der Waals surface area contributed by atoms with Crippen molar-refractivity contribution in [3.63, 3.8) is 0 Å². The molecule has 0 bridgehead atoms. The maximum absolute atomic E-state index is 12.9. The average molecular weight is 338 g/mol. The van der Waals surface area contributed by atoms with E-state index in [1.54, 1.807) is 0 Å². The highest BCUT2D eigenvalue weighted by Crippen LogP contribution is 2.33. The van der Waals surface area contributed by atoms with Gasteiger partial charge < -0.3 is 15.7 Å². The molecule has 3 N–H and O–H groups in total. The third-order valence-electron chi connectivity index (χ3n) is 4.49. The van der Waals surface area contributed by atoms with Gasteiger partial charge in [0.1, 0.15) is 0 Å². The molecule has 5 nitrogen and oxygen atoms in total. The number of anilines is 1. The molecule has 1 aliphatic heterocycles. The van der Waals surface area contributed by atoms with Crippen molar-refractivity contribution in [1.29, 1.82) is 0 Å². The average Bonchev–Trinajstić information content (AvgIpc) is 2.65. The lowest BCUT2D eigenvalue weighted by atomic mass is 9.89. The van der Waals surface area contributed by atoms with Crippen LogP contribution in [0.15, 0.2) is 54.6 Å². The van der Waals surface area contributed by atoms with E-state index in [4.69, 9.17) is 5.11 Å². The highest BCUT2D eigenvalue weighted by atomic mass is 16.3. The van der Waals surface area contributed by atoms with Gasteiger partial charge in [-0.25, -0.2) is 0 Å². The quantitative estimate of drug-likeness (QED) is 0.758. The summed E-state index contributed by atoms with van der Waals surface area (Å²) >= 11 is 0. The van der Waals surface area contributed by atoms with Crippen LogP contribution in [0.4, 0.5) is 5.69 Å². The number of amides is 2. The van der Waals surface area contributed by atoms with Crippen LogP contribution in [0.1, 0.15) is 42.3 Å². The van der Waals surface area contributed by atoms with Gasteiger partial charge in [-0.15, -0.1) is 0 Å². The molecule has 130 valence electrons. The standard InChI is InChI=1S/C20H22N2O3/c23-12-6-11-17(14-7-2-1-3-8-14)22-20(25)16-13-19(24)21-18-10-5-4-9-15(16)18/h1-5,7-10,16-17,23H,6,11-13H2,(H,21,24)(H,22,25). The highest BCUT2D eigenvalue weighted by Gasteiger charge is 2.31. The zero-order valence-corrected chi connectivity index (χ0v) is 13.9. The number of nitrogens with one attached hydrogen (secondary N) is 2. The highest BCUT2D eigenvalue weighted by molar-refractivity contribution is 6.01. The Balaban J connectivity index is 1.81. The maximum Gasteiger partial charge on any atom is 0.228 e. The molecule has 2 amide bonds. The Kier molecular flexibility index (Phi) is 5.46. The van der Waals surface area contributed by atoms with E-state index >= 15 is 0 Å². The molecule has 3 rings (SSSR count). The summed E-state index contributed by atoms with van der Waals surface area (Å²) in [7, 11) is 0. The number of carbonyl (C=O) groups is 2. The summed E-state index contributed by atoms with van der Waals surface area (Å²) < 4.78 is 0. The zero-order chi connectivity index (χ0) is 17.6. The lowest BCUT2D eigenvalue weighted by Gasteiger charge is -2.27. The minimum atomic E-state index is -0.495. The van der Waals surface area contributed by atoms with Crippen LogP contribution < -0.4 is 10.6 Å². The van der Waals surface area contributed by atoms with Gasteiger partial charge in [0.05, 0.1) is 12.0 Å².